The lowest BCUT2D eigenvalue weighted by molar-refractivity contribution is -0.127. The normalized spacial score (nSPS) is 17.0. The van der Waals surface area contributed by atoms with Gasteiger partial charge in [-0.2, -0.15) is 0 Å². The monoisotopic (exact) mass is 267 g/mol. The minimum absolute atomic E-state index is 0.135. The molecule has 0 unspecified atom stereocenters. The first-order valence-corrected chi connectivity index (χ1v) is 6.65. The Balaban J connectivity index is 1.93. The van der Waals surface area contributed by atoms with E-state index < -0.39 is 0 Å². The van der Waals surface area contributed by atoms with Gasteiger partial charge in [0.05, 0.1) is 0 Å². The number of carbonyl (C=O) groups is 1. The zero-order valence-electron chi connectivity index (χ0n) is 10.5. The second kappa shape index (κ2) is 6.21. The van der Waals surface area contributed by atoms with Gasteiger partial charge >= 0.3 is 0 Å². The van der Waals surface area contributed by atoms with Crippen molar-refractivity contribution < 1.29 is 9.53 Å². The van der Waals surface area contributed by atoms with Gasteiger partial charge in [-0.15, -0.1) is 0 Å². The van der Waals surface area contributed by atoms with E-state index in [0.717, 1.165) is 24.8 Å². The van der Waals surface area contributed by atoms with Crippen LogP contribution in [0.2, 0.25) is 5.02 Å². The van der Waals surface area contributed by atoms with E-state index in [-0.39, 0.29) is 17.9 Å². The van der Waals surface area contributed by atoms with E-state index in [2.05, 4.69) is 5.32 Å². The molecule has 98 valence electrons. The molecule has 4 heteroatoms. The molecule has 0 aromatic heterocycles. The third-order valence-corrected chi connectivity index (χ3v) is 3.82. The average Bonchev–Trinajstić information content (AvgIpc) is 2.29. The molecule has 18 heavy (non-hydrogen) atoms. The van der Waals surface area contributed by atoms with E-state index in [1.54, 1.807) is 7.11 Å². The van der Waals surface area contributed by atoms with Crippen LogP contribution in [0.5, 0.6) is 0 Å². The highest BCUT2D eigenvalue weighted by atomic mass is 35.5. The van der Waals surface area contributed by atoms with Crippen LogP contribution in [0.25, 0.3) is 0 Å². The van der Waals surface area contributed by atoms with Crippen LogP contribution < -0.4 is 5.32 Å². The molecule has 1 aromatic carbocycles. The van der Waals surface area contributed by atoms with E-state index in [4.69, 9.17) is 16.3 Å². The zero-order chi connectivity index (χ0) is 13.0. The Morgan fingerprint density at radius 3 is 2.78 bits per heavy atom. The molecule has 2 rings (SSSR count). The maximum absolute atomic E-state index is 11.8. The van der Waals surface area contributed by atoms with Gasteiger partial charge in [0, 0.05) is 30.2 Å². The standard InChI is InChI=1S/C14H18ClNO2/c1-18-13(11-7-2-3-8-12(11)15)9-16-14(17)10-5-4-6-10/h2-3,7-8,10,13H,4-6,9H2,1H3,(H,16,17)/t13-/m1/s1. The lowest BCUT2D eigenvalue weighted by Gasteiger charge is -2.25. The molecule has 1 amide bonds. The fourth-order valence-electron chi connectivity index (χ4n) is 2.06. The van der Waals surface area contributed by atoms with E-state index in [9.17, 15) is 4.79 Å². The molecule has 1 saturated carbocycles. The molecular formula is C14H18ClNO2. The van der Waals surface area contributed by atoms with Gasteiger partial charge in [-0.25, -0.2) is 0 Å². The maximum Gasteiger partial charge on any atom is 0.223 e. The number of methoxy groups -OCH3 is 1. The summed E-state index contributed by atoms with van der Waals surface area (Å²) < 4.78 is 5.40. The predicted molar refractivity (Wildman–Crippen MR) is 71.6 cm³/mol. The highest BCUT2D eigenvalue weighted by Gasteiger charge is 2.25. The number of hydrogen-bond acceptors (Lipinski definition) is 2. The van der Waals surface area contributed by atoms with Gasteiger partial charge in [-0.05, 0) is 18.9 Å². The number of benzene rings is 1. The van der Waals surface area contributed by atoms with Crippen molar-refractivity contribution in [2.45, 2.75) is 25.4 Å². The van der Waals surface area contributed by atoms with Gasteiger partial charge in [-0.3, -0.25) is 4.79 Å². The fourth-order valence-corrected chi connectivity index (χ4v) is 2.32. The molecule has 1 aliphatic carbocycles. The minimum Gasteiger partial charge on any atom is -0.375 e. The van der Waals surface area contributed by atoms with E-state index in [1.807, 2.05) is 24.3 Å². The molecule has 0 heterocycles. The van der Waals surface area contributed by atoms with Gasteiger partial charge in [0.25, 0.3) is 0 Å². The predicted octanol–water partition coefficient (Wildman–Crippen LogP) is 2.94. The first-order chi connectivity index (χ1) is 8.72. The highest BCUT2D eigenvalue weighted by molar-refractivity contribution is 6.31. The van der Waals surface area contributed by atoms with Crippen LogP contribution in [0.3, 0.4) is 0 Å². The molecular weight excluding hydrogens is 250 g/mol. The number of rotatable bonds is 5. The van der Waals surface area contributed by atoms with Crippen molar-refractivity contribution >= 4 is 17.5 Å². The van der Waals surface area contributed by atoms with Gasteiger partial charge in [0.2, 0.25) is 5.91 Å². The van der Waals surface area contributed by atoms with Gasteiger partial charge in [-0.1, -0.05) is 36.2 Å². The molecule has 0 radical (unpaired) electrons. The summed E-state index contributed by atoms with van der Waals surface area (Å²) in [6.45, 7) is 0.468. The number of ether oxygens (including phenoxy) is 1. The van der Waals surface area contributed by atoms with E-state index >= 15 is 0 Å². The molecule has 1 fully saturated rings. The number of hydrogen-bond donors (Lipinski definition) is 1. The second-order valence-electron chi connectivity index (χ2n) is 4.62. The van der Waals surface area contributed by atoms with Gasteiger partial charge in [0.1, 0.15) is 6.10 Å². The van der Waals surface area contributed by atoms with Crippen molar-refractivity contribution in [3.63, 3.8) is 0 Å². The number of carbonyl (C=O) groups excluding carboxylic acids is 1. The third-order valence-electron chi connectivity index (χ3n) is 3.47. The topological polar surface area (TPSA) is 38.3 Å². The number of amides is 1. The Labute approximate surface area is 112 Å². The van der Waals surface area contributed by atoms with E-state index in [1.165, 1.54) is 0 Å². The largest absolute Gasteiger partial charge is 0.375 e. The Bertz CT molecular complexity index is 418. The molecule has 3 nitrogen and oxygen atoms in total. The molecule has 1 aromatic rings. The van der Waals surface area contributed by atoms with Crippen LogP contribution in [-0.2, 0) is 9.53 Å². The van der Waals surface area contributed by atoms with E-state index in [0.29, 0.717) is 11.6 Å². The first kappa shape index (κ1) is 13.4. The maximum atomic E-state index is 11.8. The molecule has 0 spiro atoms. The molecule has 0 bridgehead atoms. The molecule has 1 N–H and O–H groups in total. The van der Waals surface area contributed by atoms with Gasteiger partial charge in [0.15, 0.2) is 0 Å². The zero-order valence-corrected chi connectivity index (χ0v) is 11.2. The second-order valence-corrected chi connectivity index (χ2v) is 5.03. The molecule has 0 aliphatic heterocycles. The average molecular weight is 268 g/mol. The Morgan fingerprint density at radius 2 is 2.22 bits per heavy atom. The van der Waals surface area contributed by atoms with Crippen molar-refractivity contribution in [3.8, 4) is 0 Å². The van der Waals surface area contributed by atoms with Crippen LogP contribution in [0, 0.1) is 5.92 Å². The summed E-state index contributed by atoms with van der Waals surface area (Å²) in [6.07, 6.45) is 2.99. The summed E-state index contributed by atoms with van der Waals surface area (Å²) in [5.41, 5.74) is 0.913. The van der Waals surface area contributed by atoms with Crippen molar-refractivity contribution in [1.82, 2.24) is 5.32 Å². The Morgan fingerprint density at radius 1 is 1.50 bits per heavy atom. The highest BCUT2D eigenvalue weighted by Crippen LogP contribution is 2.27. The smallest absolute Gasteiger partial charge is 0.223 e. The Hall–Kier alpha value is -1.06. The number of halogens is 1. The minimum atomic E-state index is -0.192. The van der Waals surface area contributed by atoms with Crippen molar-refractivity contribution in [1.29, 1.82) is 0 Å². The van der Waals surface area contributed by atoms with Crippen LogP contribution in [0.1, 0.15) is 30.9 Å². The first-order valence-electron chi connectivity index (χ1n) is 6.27. The lowest BCUT2D eigenvalue weighted by atomic mass is 9.85. The fraction of sp³-hybridized carbons (Fsp3) is 0.500. The molecule has 1 atom stereocenters. The summed E-state index contributed by atoms with van der Waals surface area (Å²) in [5, 5.41) is 3.61. The van der Waals surface area contributed by atoms with Crippen LogP contribution in [-0.4, -0.2) is 19.6 Å². The quantitative estimate of drug-likeness (QED) is 0.891. The summed E-state index contributed by atoms with van der Waals surface area (Å²) in [7, 11) is 1.63. The molecule has 1 aliphatic rings. The van der Waals surface area contributed by atoms with Gasteiger partial charge < -0.3 is 10.1 Å². The summed E-state index contributed by atoms with van der Waals surface area (Å²) in [6, 6.07) is 7.55. The van der Waals surface area contributed by atoms with Crippen LogP contribution >= 0.6 is 11.6 Å². The van der Waals surface area contributed by atoms with Crippen molar-refractivity contribution in [2.24, 2.45) is 5.92 Å². The number of nitrogens with one attached hydrogen (secondary N) is 1. The third kappa shape index (κ3) is 3.03. The SMILES string of the molecule is CO[C@H](CNC(=O)C1CCC1)c1ccccc1Cl. The summed E-state index contributed by atoms with van der Waals surface area (Å²) >= 11 is 6.12. The van der Waals surface area contributed by atoms with Crippen molar-refractivity contribution in [3.05, 3.63) is 34.9 Å². The summed E-state index contributed by atoms with van der Waals surface area (Å²) in [4.78, 5) is 11.8. The summed E-state index contributed by atoms with van der Waals surface area (Å²) in [5.74, 6) is 0.337. The molecule has 0 saturated heterocycles. The Kier molecular flexibility index (Phi) is 4.61. The van der Waals surface area contributed by atoms with Crippen LogP contribution in [0.4, 0.5) is 0 Å². The lowest BCUT2D eigenvalue weighted by Crippen LogP contribution is -2.37. The van der Waals surface area contributed by atoms with Crippen LogP contribution in [0.15, 0.2) is 24.3 Å². The van der Waals surface area contributed by atoms with Crippen molar-refractivity contribution in [2.75, 3.05) is 13.7 Å².